The number of benzene rings is 2. The first-order chi connectivity index (χ1) is 14.8. The van der Waals surface area contributed by atoms with Gasteiger partial charge in [0.1, 0.15) is 11.3 Å². The van der Waals surface area contributed by atoms with Gasteiger partial charge in [0.15, 0.2) is 15.0 Å². The molecule has 0 bridgehead atoms. The van der Waals surface area contributed by atoms with Gasteiger partial charge in [0.05, 0.1) is 28.0 Å². The van der Waals surface area contributed by atoms with E-state index in [2.05, 4.69) is 4.98 Å². The molecule has 0 saturated carbocycles. The van der Waals surface area contributed by atoms with Gasteiger partial charge in [0.2, 0.25) is 0 Å². The Kier molecular flexibility index (Phi) is 7.30. The van der Waals surface area contributed by atoms with Crippen molar-refractivity contribution in [3.05, 3.63) is 48.0 Å². The lowest BCUT2D eigenvalue weighted by molar-refractivity contribution is 0.0983. The lowest BCUT2D eigenvalue weighted by Crippen LogP contribution is -2.34. The number of fused-ring (bicyclic) bond motifs is 1. The molecule has 3 rings (SSSR count). The number of ether oxygens (including phenoxy) is 1. The summed E-state index contributed by atoms with van der Waals surface area (Å²) in [6.07, 6.45) is 0.717. The van der Waals surface area contributed by atoms with Gasteiger partial charge in [0.25, 0.3) is 5.91 Å². The molecular weight excluding hydrogens is 434 g/mol. The standard InChI is InChI=1S/C22H27N3O4S2/c1-5-31(27,28)19-13-7-6-10-16(19)21(26)25(15-9-14-24(2)3)22-23-20-17(29-4)11-8-12-18(20)30-22/h6-8,10-13H,5,9,14-15H2,1-4H3. The Morgan fingerprint density at radius 2 is 1.84 bits per heavy atom. The zero-order valence-corrected chi connectivity index (χ0v) is 19.8. The number of hydrogen-bond acceptors (Lipinski definition) is 7. The highest BCUT2D eigenvalue weighted by atomic mass is 32.2. The van der Waals surface area contributed by atoms with Crippen LogP contribution in [0.25, 0.3) is 10.2 Å². The maximum Gasteiger partial charge on any atom is 0.261 e. The van der Waals surface area contributed by atoms with Crippen LogP contribution in [0.5, 0.6) is 5.75 Å². The largest absolute Gasteiger partial charge is 0.494 e. The van der Waals surface area contributed by atoms with Crippen molar-refractivity contribution >= 4 is 42.4 Å². The minimum Gasteiger partial charge on any atom is -0.494 e. The molecule has 9 heteroatoms. The predicted molar refractivity (Wildman–Crippen MR) is 125 cm³/mol. The number of rotatable bonds is 9. The third-order valence-electron chi connectivity index (χ3n) is 4.89. The van der Waals surface area contributed by atoms with Gasteiger partial charge in [-0.1, -0.05) is 36.5 Å². The Balaban J connectivity index is 2.08. The summed E-state index contributed by atoms with van der Waals surface area (Å²) < 4.78 is 31.5. The van der Waals surface area contributed by atoms with Crippen LogP contribution in [0.1, 0.15) is 23.7 Å². The normalized spacial score (nSPS) is 11.8. The quantitative estimate of drug-likeness (QED) is 0.483. The number of amides is 1. The minimum atomic E-state index is -3.55. The Bertz CT molecular complexity index is 1170. The van der Waals surface area contributed by atoms with Gasteiger partial charge in [-0.2, -0.15) is 0 Å². The third-order valence-corrected chi connectivity index (χ3v) is 7.72. The van der Waals surface area contributed by atoms with Crippen LogP contribution in [-0.4, -0.2) is 64.3 Å². The summed E-state index contributed by atoms with van der Waals surface area (Å²) in [5.41, 5.74) is 0.852. The van der Waals surface area contributed by atoms with Gasteiger partial charge < -0.3 is 9.64 Å². The highest BCUT2D eigenvalue weighted by molar-refractivity contribution is 7.91. The first-order valence-corrected chi connectivity index (χ1v) is 12.5. The van der Waals surface area contributed by atoms with Crippen LogP contribution in [0.3, 0.4) is 0 Å². The van der Waals surface area contributed by atoms with Crippen molar-refractivity contribution in [3.63, 3.8) is 0 Å². The van der Waals surface area contributed by atoms with E-state index in [1.54, 1.807) is 37.1 Å². The molecule has 0 fully saturated rings. The van der Waals surface area contributed by atoms with E-state index in [0.717, 1.165) is 11.2 Å². The van der Waals surface area contributed by atoms with Crippen molar-refractivity contribution in [3.8, 4) is 5.75 Å². The molecule has 0 aliphatic carbocycles. The van der Waals surface area contributed by atoms with Gasteiger partial charge in [0, 0.05) is 6.54 Å². The van der Waals surface area contributed by atoms with E-state index in [4.69, 9.17) is 4.74 Å². The monoisotopic (exact) mass is 461 g/mol. The molecule has 1 heterocycles. The molecule has 31 heavy (non-hydrogen) atoms. The van der Waals surface area contributed by atoms with Crippen LogP contribution in [0, 0.1) is 0 Å². The fourth-order valence-corrected chi connectivity index (χ4v) is 5.33. The van der Waals surface area contributed by atoms with Gasteiger partial charge >= 0.3 is 0 Å². The molecule has 3 aromatic rings. The zero-order chi connectivity index (χ0) is 22.6. The number of sulfone groups is 1. The first kappa shape index (κ1) is 23.2. The number of hydrogen-bond donors (Lipinski definition) is 0. The van der Waals surface area contributed by atoms with Crippen molar-refractivity contribution < 1.29 is 17.9 Å². The molecule has 0 N–H and O–H groups in total. The Morgan fingerprint density at radius 1 is 1.10 bits per heavy atom. The molecule has 166 valence electrons. The summed E-state index contributed by atoms with van der Waals surface area (Å²) in [5, 5.41) is 0.520. The van der Waals surface area contributed by atoms with E-state index < -0.39 is 9.84 Å². The molecule has 0 saturated heterocycles. The van der Waals surface area contributed by atoms with E-state index >= 15 is 0 Å². The van der Waals surface area contributed by atoms with Crippen LogP contribution in [-0.2, 0) is 9.84 Å². The van der Waals surface area contributed by atoms with Gasteiger partial charge in [-0.05, 0) is 51.3 Å². The number of para-hydroxylation sites is 1. The molecule has 2 aromatic carbocycles. The van der Waals surface area contributed by atoms with E-state index in [0.29, 0.717) is 29.4 Å². The van der Waals surface area contributed by atoms with Crippen LogP contribution < -0.4 is 9.64 Å². The maximum atomic E-state index is 13.6. The molecule has 0 aliphatic heterocycles. The molecule has 1 aromatic heterocycles. The number of carbonyl (C=O) groups excluding carboxylic acids is 1. The zero-order valence-electron chi connectivity index (χ0n) is 18.2. The van der Waals surface area contributed by atoms with Gasteiger partial charge in [-0.25, -0.2) is 13.4 Å². The van der Waals surface area contributed by atoms with Crippen LogP contribution in [0.2, 0.25) is 0 Å². The molecule has 0 aliphatic rings. The number of thiazole rings is 1. The number of methoxy groups -OCH3 is 1. The van der Waals surface area contributed by atoms with E-state index in [9.17, 15) is 13.2 Å². The Labute approximate surface area is 187 Å². The fraction of sp³-hybridized carbons (Fsp3) is 0.364. The van der Waals surface area contributed by atoms with Crippen LogP contribution in [0.4, 0.5) is 5.13 Å². The van der Waals surface area contributed by atoms with Crippen molar-refractivity contribution in [2.24, 2.45) is 0 Å². The second-order valence-corrected chi connectivity index (χ2v) is 10.6. The van der Waals surface area contributed by atoms with Crippen molar-refractivity contribution in [1.82, 2.24) is 9.88 Å². The summed E-state index contributed by atoms with van der Waals surface area (Å²) >= 11 is 1.39. The molecule has 0 atom stereocenters. The predicted octanol–water partition coefficient (Wildman–Crippen LogP) is 3.70. The highest BCUT2D eigenvalue weighted by Crippen LogP contribution is 2.35. The summed E-state index contributed by atoms with van der Waals surface area (Å²) in [4.78, 5) is 22.0. The second kappa shape index (κ2) is 9.76. The summed E-state index contributed by atoms with van der Waals surface area (Å²) in [7, 11) is 1.97. The second-order valence-electron chi connectivity index (χ2n) is 7.32. The molecule has 0 radical (unpaired) electrons. The average Bonchev–Trinajstić information content (AvgIpc) is 3.20. The minimum absolute atomic E-state index is 0.0544. The van der Waals surface area contributed by atoms with Crippen molar-refractivity contribution in [2.75, 3.05) is 44.9 Å². The highest BCUT2D eigenvalue weighted by Gasteiger charge is 2.27. The topological polar surface area (TPSA) is 79.8 Å². The van der Waals surface area contributed by atoms with Crippen LogP contribution in [0.15, 0.2) is 47.4 Å². The van der Waals surface area contributed by atoms with Gasteiger partial charge in [-0.3, -0.25) is 9.69 Å². The Morgan fingerprint density at radius 3 is 2.52 bits per heavy atom. The summed E-state index contributed by atoms with van der Waals surface area (Å²) in [5.74, 6) is 0.190. The number of aromatic nitrogens is 1. The van der Waals surface area contributed by atoms with E-state index in [1.165, 1.54) is 17.4 Å². The molecule has 1 amide bonds. The lowest BCUT2D eigenvalue weighted by atomic mass is 10.2. The van der Waals surface area contributed by atoms with Crippen molar-refractivity contribution in [2.45, 2.75) is 18.2 Å². The fourth-order valence-electron chi connectivity index (χ4n) is 3.24. The summed E-state index contributed by atoms with van der Waals surface area (Å²) in [6.45, 7) is 2.78. The van der Waals surface area contributed by atoms with Gasteiger partial charge in [-0.15, -0.1) is 0 Å². The van der Waals surface area contributed by atoms with Crippen molar-refractivity contribution in [1.29, 1.82) is 0 Å². The smallest absolute Gasteiger partial charge is 0.261 e. The Hall–Kier alpha value is -2.49. The molecule has 0 unspecified atom stereocenters. The SMILES string of the molecule is CCS(=O)(=O)c1ccccc1C(=O)N(CCCN(C)C)c1nc2c(OC)cccc2s1. The lowest BCUT2D eigenvalue weighted by Gasteiger charge is -2.22. The third kappa shape index (κ3) is 5.06. The average molecular weight is 462 g/mol. The molecule has 7 nitrogen and oxygen atoms in total. The number of anilines is 1. The molecule has 0 spiro atoms. The maximum absolute atomic E-state index is 13.6. The first-order valence-electron chi connectivity index (χ1n) is 10.0. The number of nitrogens with zero attached hydrogens (tertiary/aromatic N) is 3. The van der Waals surface area contributed by atoms with E-state index in [1.807, 2.05) is 37.2 Å². The van der Waals surface area contributed by atoms with E-state index in [-0.39, 0.29) is 22.1 Å². The van der Waals surface area contributed by atoms with Crippen LogP contribution >= 0.6 is 11.3 Å². The number of carbonyl (C=O) groups is 1. The summed E-state index contributed by atoms with van der Waals surface area (Å²) in [6, 6.07) is 12.0. The molecular formula is C22H27N3O4S2.